The van der Waals surface area contributed by atoms with Crippen molar-refractivity contribution in [2.75, 3.05) is 16.6 Å². The number of benzene rings is 1. The summed E-state index contributed by atoms with van der Waals surface area (Å²) >= 11 is 1.35. The van der Waals surface area contributed by atoms with E-state index in [1.807, 2.05) is 6.92 Å². The van der Waals surface area contributed by atoms with E-state index >= 15 is 4.39 Å². The Kier molecular flexibility index (Phi) is 6.41. The molecule has 6 nitrogen and oxygen atoms in total. The molecule has 1 unspecified atom stereocenters. The highest BCUT2D eigenvalue weighted by atomic mass is 32.2. The molecule has 9 heteroatoms. The topological polar surface area (TPSA) is 82.7 Å². The van der Waals surface area contributed by atoms with Crippen LogP contribution < -0.4 is 10.0 Å². The van der Waals surface area contributed by atoms with Crippen LogP contribution in [-0.4, -0.2) is 32.5 Å². The van der Waals surface area contributed by atoms with Crippen LogP contribution in [0.2, 0.25) is 0 Å². The molecule has 1 aliphatic rings. The maximum Gasteiger partial charge on any atom is 0.201 e. The Morgan fingerprint density at radius 3 is 2.87 bits per heavy atom. The van der Waals surface area contributed by atoms with Crippen molar-refractivity contribution in [3.63, 3.8) is 0 Å². The summed E-state index contributed by atoms with van der Waals surface area (Å²) in [5, 5.41) is 3.93. The Bertz CT molecular complexity index is 1100. The average molecular weight is 446 g/mol. The average Bonchev–Trinajstić information content (AvgIpc) is 3.48. The normalized spacial score (nSPS) is 14.6. The molecule has 1 fully saturated rings. The summed E-state index contributed by atoms with van der Waals surface area (Å²) < 4.78 is 32.7. The number of nitrogens with zero attached hydrogens (tertiary/aromatic N) is 2. The van der Waals surface area contributed by atoms with Crippen molar-refractivity contribution in [1.29, 1.82) is 0 Å². The number of nitrogens with one attached hydrogen (secondary N) is 3. The van der Waals surface area contributed by atoms with Crippen molar-refractivity contribution in [3.05, 3.63) is 47.4 Å². The van der Waals surface area contributed by atoms with Gasteiger partial charge in [0.05, 0.1) is 22.2 Å². The fourth-order valence-electron chi connectivity index (χ4n) is 3.44. The third-order valence-corrected chi connectivity index (χ3v) is 6.33. The van der Waals surface area contributed by atoms with Gasteiger partial charge in [-0.1, -0.05) is 20.3 Å². The van der Waals surface area contributed by atoms with E-state index in [2.05, 4.69) is 31.9 Å². The number of carbonyl (C=O) groups excluding carboxylic acids is 1. The second-order valence-corrected chi connectivity index (χ2v) is 9.15. The van der Waals surface area contributed by atoms with Gasteiger partial charge in [-0.2, -0.15) is 0 Å². The number of halogens is 2. The van der Waals surface area contributed by atoms with Gasteiger partial charge in [0.1, 0.15) is 23.6 Å². The number of fused-ring (bicyclic) bond motifs is 1. The van der Waals surface area contributed by atoms with Gasteiger partial charge >= 0.3 is 0 Å². The number of ketones is 1. The number of H-pyrrole nitrogens is 1. The molecule has 1 aromatic carbocycles. The Balaban J connectivity index is 1.66. The molecule has 3 N–H and O–H groups in total. The first-order valence-corrected chi connectivity index (χ1v) is 11.4. The van der Waals surface area contributed by atoms with Gasteiger partial charge in [0.15, 0.2) is 5.82 Å². The lowest BCUT2D eigenvalue weighted by atomic mass is 10.0. The number of hydrogen-bond donors (Lipinski definition) is 3. The molecule has 1 saturated carbocycles. The third kappa shape index (κ3) is 4.66. The summed E-state index contributed by atoms with van der Waals surface area (Å²) in [6, 6.07) is 2.43. The Hall–Kier alpha value is -2.68. The summed E-state index contributed by atoms with van der Waals surface area (Å²) in [4.78, 5) is 24.5. The van der Waals surface area contributed by atoms with Crippen molar-refractivity contribution in [2.45, 2.75) is 44.8 Å². The van der Waals surface area contributed by atoms with E-state index in [4.69, 9.17) is 0 Å². The van der Waals surface area contributed by atoms with Crippen LogP contribution in [0.25, 0.3) is 11.0 Å². The molecule has 0 saturated heterocycles. The van der Waals surface area contributed by atoms with E-state index < -0.39 is 23.0 Å². The Morgan fingerprint density at radius 1 is 1.32 bits per heavy atom. The van der Waals surface area contributed by atoms with Crippen molar-refractivity contribution in [3.8, 4) is 0 Å². The van der Waals surface area contributed by atoms with E-state index in [0.29, 0.717) is 22.8 Å². The van der Waals surface area contributed by atoms with Gasteiger partial charge in [-0.3, -0.25) is 4.79 Å². The van der Waals surface area contributed by atoms with E-state index in [0.717, 1.165) is 38.3 Å². The molecule has 2 aromatic heterocycles. The minimum Gasteiger partial charge on any atom is -0.369 e. The van der Waals surface area contributed by atoms with Crippen LogP contribution in [-0.2, 0) is 0 Å². The zero-order chi connectivity index (χ0) is 22.0. The number of rotatable bonds is 10. The predicted molar refractivity (Wildman–Crippen MR) is 120 cm³/mol. The monoisotopic (exact) mass is 445 g/mol. The molecule has 0 spiro atoms. The maximum absolute atomic E-state index is 15.2. The van der Waals surface area contributed by atoms with Gasteiger partial charge < -0.3 is 15.0 Å². The van der Waals surface area contributed by atoms with Gasteiger partial charge in [0, 0.05) is 18.0 Å². The summed E-state index contributed by atoms with van der Waals surface area (Å²) in [6.07, 6.45) is 7.10. The molecule has 2 heterocycles. The van der Waals surface area contributed by atoms with E-state index in [-0.39, 0.29) is 16.5 Å². The third-order valence-electron chi connectivity index (χ3n) is 5.35. The first-order chi connectivity index (χ1) is 15.0. The van der Waals surface area contributed by atoms with Gasteiger partial charge in [-0.15, -0.1) is 0 Å². The number of aromatic nitrogens is 3. The van der Waals surface area contributed by atoms with Gasteiger partial charge in [0.2, 0.25) is 5.78 Å². The highest BCUT2D eigenvalue weighted by molar-refractivity contribution is 8.01. The standard InChI is InChI=1S/C22H25F2N5OS/c1-3-4-12(2)31-29-16-8-7-15(23)18(19(16)24)20(30)14-10-26-22-17(14)21(27-11-28-22)25-9-13-5-6-13/h7-8,10-13,29H,3-6,9H2,1-2H3,(H2,25,26,27,28). The summed E-state index contributed by atoms with van der Waals surface area (Å²) in [7, 11) is 0. The fourth-order valence-corrected chi connectivity index (χ4v) is 4.28. The Labute approximate surface area is 183 Å². The van der Waals surface area contributed by atoms with Crippen LogP contribution in [0, 0.1) is 17.6 Å². The summed E-state index contributed by atoms with van der Waals surface area (Å²) in [6.45, 7) is 4.84. The van der Waals surface area contributed by atoms with Crippen LogP contribution in [0.4, 0.5) is 20.3 Å². The van der Waals surface area contributed by atoms with E-state index in [1.165, 1.54) is 30.5 Å². The fraction of sp³-hybridized carbons (Fsp3) is 0.409. The summed E-state index contributed by atoms with van der Waals surface area (Å²) in [5.41, 5.74) is 0.0686. The molecule has 0 amide bonds. The van der Waals surface area contributed by atoms with E-state index in [9.17, 15) is 9.18 Å². The minimum absolute atomic E-state index is 0.0841. The van der Waals surface area contributed by atoms with Crippen molar-refractivity contribution < 1.29 is 13.6 Å². The second-order valence-electron chi connectivity index (χ2n) is 7.90. The van der Waals surface area contributed by atoms with Crippen molar-refractivity contribution >= 4 is 40.3 Å². The van der Waals surface area contributed by atoms with Gasteiger partial charge in [0.25, 0.3) is 0 Å². The number of aromatic amines is 1. The van der Waals surface area contributed by atoms with Gasteiger partial charge in [-0.05, 0) is 49.3 Å². The second kappa shape index (κ2) is 9.21. The minimum atomic E-state index is -0.904. The van der Waals surface area contributed by atoms with Crippen LogP contribution in [0.3, 0.4) is 0 Å². The molecule has 164 valence electrons. The molecular formula is C22H25F2N5OS. The Morgan fingerprint density at radius 2 is 2.13 bits per heavy atom. The first-order valence-electron chi connectivity index (χ1n) is 10.5. The molecule has 1 atom stereocenters. The molecule has 0 bridgehead atoms. The smallest absolute Gasteiger partial charge is 0.201 e. The molecule has 1 aliphatic carbocycles. The van der Waals surface area contributed by atoms with Crippen molar-refractivity contribution in [2.24, 2.45) is 5.92 Å². The van der Waals surface area contributed by atoms with E-state index in [1.54, 1.807) is 0 Å². The SMILES string of the molecule is CCCC(C)SNc1ccc(F)c(C(=O)c2c[nH]c3ncnc(NCC4CC4)c23)c1F. The number of anilines is 2. The highest BCUT2D eigenvalue weighted by Gasteiger charge is 2.27. The maximum atomic E-state index is 15.2. The lowest BCUT2D eigenvalue weighted by Gasteiger charge is -2.14. The molecule has 3 aromatic rings. The zero-order valence-corrected chi connectivity index (χ0v) is 18.3. The predicted octanol–water partition coefficient (Wildman–Crippen LogP) is 5.54. The number of carbonyl (C=O) groups is 1. The van der Waals surface area contributed by atoms with Crippen LogP contribution in [0.1, 0.15) is 55.5 Å². The quantitative estimate of drug-likeness (QED) is 0.281. The van der Waals surface area contributed by atoms with Crippen LogP contribution in [0.5, 0.6) is 0 Å². The molecular weight excluding hydrogens is 420 g/mol. The van der Waals surface area contributed by atoms with Gasteiger partial charge in [-0.25, -0.2) is 18.7 Å². The zero-order valence-electron chi connectivity index (χ0n) is 17.5. The lowest BCUT2D eigenvalue weighted by molar-refractivity contribution is 0.103. The van der Waals surface area contributed by atoms with Crippen molar-refractivity contribution in [1.82, 2.24) is 15.0 Å². The van der Waals surface area contributed by atoms with Crippen LogP contribution in [0.15, 0.2) is 24.7 Å². The van der Waals surface area contributed by atoms with Crippen LogP contribution >= 0.6 is 11.9 Å². The first kappa shape index (κ1) is 21.5. The highest BCUT2D eigenvalue weighted by Crippen LogP contribution is 2.32. The molecule has 4 rings (SSSR count). The molecule has 0 radical (unpaired) electrons. The largest absolute Gasteiger partial charge is 0.369 e. The molecule has 31 heavy (non-hydrogen) atoms. The summed E-state index contributed by atoms with van der Waals surface area (Å²) in [5.74, 6) is -1.48. The lowest BCUT2D eigenvalue weighted by Crippen LogP contribution is -2.11. The number of hydrogen-bond acceptors (Lipinski definition) is 6. The molecule has 0 aliphatic heterocycles.